The fourth-order valence-electron chi connectivity index (χ4n) is 1.81. The van der Waals surface area contributed by atoms with Crippen molar-refractivity contribution in [3.63, 3.8) is 0 Å². The van der Waals surface area contributed by atoms with Crippen LogP contribution in [0, 0.1) is 11.3 Å². The zero-order valence-corrected chi connectivity index (χ0v) is 11.2. The van der Waals surface area contributed by atoms with E-state index >= 15 is 0 Å². The number of hydrogen-bond acceptors (Lipinski definition) is 3. The first kappa shape index (κ1) is 14.5. The first-order valence-electron chi connectivity index (χ1n) is 5.95. The number of carbonyl (C=O) groups excluding carboxylic acids is 1. The van der Waals surface area contributed by atoms with E-state index in [2.05, 4.69) is 6.07 Å². The summed E-state index contributed by atoms with van der Waals surface area (Å²) in [5.74, 6) is 0.276. The smallest absolute Gasteiger partial charge is 0.310 e. The van der Waals surface area contributed by atoms with E-state index in [0.717, 1.165) is 17.5 Å². The molecule has 1 rings (SSSR count). The first-order chi connectivity index (χ1) is 8.72. The molecule has 0 aliphatic rings. The Morgan fingerprint density at radius 3 is 2.89 bits per heavy atom. The largest absolute Gasteiger partial charge is 0.466 e. The van der Waals surface area contributed by atoms with Crippen LogP contribution >= 0.6 is 11.6 Å². The van der Waals surface area contributed by atoms with Gasteiger partial charge < -0.3 is 4.74 Å². The van der Waals surface area contributed by atoms with Gasteiger partial charge in [0.1, 0.15) is 0 Å². The van der Waals surface area contributed by atoms with Crippen LogP contribution in [-0.4, -0.2) is 18.5 Å². The van der Waals surface area contributed by atoms with E-state index in [1.165, 1.54) is 0 Å². The van der Waals surface area contributed by atoms with Crippen molar-refractivity contribution < 1.29 is 9.53 Å². The summed E-state index contributed by atoms with van der Waals surface area (Å²) < 4.78 is 4.93. The highest BCUT2D eigenvalue weighted by atomic mass is 35.5. The van der Waals surface area contributed by atoms with E-state index < -0.39 is 0 Å². The summed E-state index contributed by atoms with van der Waals surface area (Å²) in [7, 11) is 0. The third-order valence-corrected chi connectivity index (χ3v) is 2.86. The molecule has 0 atom stereocenters. The lowest BCUT2D eigenvalue weighted by Crippen LogP contribution is -2.10. The molecule has 0 heterocycles. The topological polar surface area (TPSA) is 50.1 Å². The molecule has 0 amide bonds. The summed E-state index contributed by atoms with van der Waals surface area (Å²) in [6.45, 7) is 2.14. The highest BCUT2D eigenvalue weighted by Gasteiger charge is 2.12. The van der Waals surface area contributed by atoms with Crippen LogP contribution < -0.4 is 0 Å². The zero-order chi connectivity index (χ0) is 13.4. The maximum atomic E-state index is 11.5. The molecule has 3 nitrogen and oxygen atoms in total. The van der Waals surface area contributed by atoms with E-state index in [4.69, 9.17) is 21.6 Å². The Hall–Kier alpha value is -1.53. The van der Waals surface area contributed by atoms with Crippen molar-refractivity contribution in [3.8, 4) is 6.07 Å². The summed E-state index contributed by atoms with van der Waals surface area (Å²) in [6, 6.07) is 7.57. The number of benzene rings is 1. The third-order valence-electron chi connectivity index (χ3n) is 2.59. The van der Waals surface area contributed by atoms with Gasteiger partial charge in [-0.15, -0.1) is 11.6 Å². The van der Waals surface area contributed by atoms with Crippen LogP contribution in [-0.2, 0) is 22.4 Å². The molecule has 4 heteroatoms. The monoisotopic (exact) mass is 265 g/mol. The van der Waals surface area contributed by atoms with Crippen molar-refractivity contribution in [1.29, 1.82) is 5.26 Å². The van der Waals surface area contributed by atoms with Gasteiger partial charge in [0.15, 0.2) is 0 Å². The van der Waals surface area contributed by atoms with Crippen LogP contribution in [0.4, 0.5) is 0 Å². The Kier molecular flexibility index (Phi) is 6.24. The van der Waals surface area contributed by atoms with Gasteiger partial charge in [0.25, 0.3) is 0 Å². The Morgan fingerprint density at radius 1 is 1.50 bits per heavy atom. The molecule has 0 saturated heterocycles. The van der Waals surface area contributed by atoms with Gasteiger partial charge in [0.05, 0.1) is 24.7 Å². The number of rotatable bonds is 6. The number of hydrogen-bond donors (Lipinski definition) is 0. The Balaban J connectivity index is 2.95. The molecule has 0 unspecified atom stereocenters. The third kappa shape index (κ3) is 4.05. The van der Waals surface area contributed by atoms with Gasteiger partial charge in [-0.2, -0.15) is 5.26 Å². The first-order valence-corrected chi connectivity index (χ1v) is 6.48. The summed E-state index contributed by atoms with van der Waals surface area (Å²) in [5, 5.41) is 9.08. The van der Waals surface area contributed by atoms with Crippen LogP contribution in [0.25, 0.3) is 0 Å². The summed E-state index contributed by atoms with van der Waals surface area (Å²) in [4.78, 5) is 11.5. The lowest BCUT2D eigenvalue weighted by Gasteiger charge is -2.10. The summed E-state index contributed by atoms with van der Waals surface area (Å²) in [6.07, 6.45) is 1.71. The quantitative estimate of drug-likeness (QED) is 0.587. The minimum absolute atomic E-state index is 0.209. The molecule has 0 aliphatic carbocycles. The van der Waals surface area contributed by atoms with Gasteiger partial charge in [-0.3, -0.25) is 4.79 Å². The number of nitriles is 1. The second kappa shape index (κ2) is 7.73. The fourth-order valence-corrected chi connectivity index (χ4v) is 1.94. The van der Waals surface area contributed by atoms with Crippen molar-refractivity contribution in [1.82, 2.24) is 0 Å². The molecule has 0 spiro atoms. The van der Waals surface area contributed by atoms with E-state index in [-0.39, 0.29) is 12.4 Å². The molecule has 0 aromatic heterocycles. The van der Waals surface area contributed by atoms with Crippen LogP contribution in [0.5, 0.6) is 0 Å². The van der Waals surface area contributed by atoms with E-state index in [1.807, 2.05) is 6.07 Å². The van der Waals surface area contributed by atoms with Crippen molar-refractivity contribution in [2.45, 2.75) is 26.2 Å². The van der Waals surface area contributed by atoms with Crippen LogP contribution in [0.1, 0.15) is 30.0 Å². The lowest BCUT2D eigenvalue weighted by molar-refractivity contribution is -0.142. The fraction of sp³-hybridized carbons (Fsp3) is 0.429. The normalized spacial score (nSPS) is 9.83. The van der Waals surface area contributed by atoms with Gasteiger partial charge in [-0.25, -0.2) is 0 Å². The predicted octanol–water partition coefficient (Wildman–Crippen LogP) is 2.84. The molecule has 0 aliphatic heterocycles. The molecule has 0 radical (unpaired) electrons. The van der Waals surface area contributed by atoms with Crippen molar-refractivity contribution in [2.75, 3.05) is 12.5 Å². The zero-order valence-electron chi connectivity index (χ0n) is 10.4. The highest BCUT2D eigenvalue weighted by Crippen LogP contribution is 2.18. The average Bonchev–Trinajstić information content (AvgIpc) is 2.37. The van der Waals surface area contributed by atoms with Crippen LogP contribution in [0.3, 0.4) is 0 Å². The predicted molar refractivity (Wildman–Crippen MR) is 70.5 cm³/mol. The van der Waals surface area contributed by atoms with Gasteiger partial charge in [-0.05, 0) is 37.0 Å². The van der Waals surface area contributed by atoms with E-state index in [1.54, 1.807) is 19.1 Å². The Bertz CT molecular complexity index is 452. The summed E-state index contributed by atoms with van der Waals surface area (Å²) >= 11 is 5.68. The van der Waals surface area contributed by atoms with Crippen molar-refractivity contribution in [3.05, 3.63) is 34.9 Å². The molecule has 1 aromatic carbocycles. The molecule has 0 fully saturated rings. The summed E-state index contributed by atoms with van der Waals surface area (Å²) in [5.41, 5.74) is 2.38. The van der Waals surface area contributed by atoms with E-state index in [0.29, 0.717) is 24.5 Å². The van der Waals surface area contributed by atoms with Crippen molar-refractivity contribution >= 4 is 17.6 Å². The van der Waals surface area contributed by atoms with Gasteiger partial charge in [0.2, 0.25) is 0 Å². The SMILES string of the molecule is CCOC(=O)Cc1cccc(C#N)c1CCCCl. The Labute approximate surface area is 112 Å². The molecular weight excluding hydrogens is 250 g/mol. The number of carbonyl (C=O) groups is 1. The van der Waals surface area contributed by atoms with Gasteiger partial charge in [0, 0.05) is 5.88 Å². The minimum Gasteiger partial charge on any atom is -0.466 e. The molecule has 0 bridgehead atoms. The number of ether oxygens (including phenoxy) is 1. The van der Waals surface area contributed by atoms with E-state index in [9.17, 15) is 4.79 Å². The molecule has 0 N–H and O–H groups in total. The highest BCUT2D eigenvalue weighted by molar-refractivity contribution is 6.17. The van der Waals surface area contributed by atoms with Crippen LogP contribution in [0.2, 0.25) is 0 Å². The number of alkyl halides is 1. The van der Waals surface area contributed by atoms with Crippen molar-refractivity contribution in [2.24, 2.45) is 0 Å². The lowest BCUT2D eigenvalue weighted by atomic mass is 9.96. The molecule has 18 heavy (non-hydrogen) atoms. The maximum Gasteiger partial charge on any atom is 0.310 e. The number of esters is 1. The second-order valence-electron chi connectivity index (χ2n) is 3.83. The maximum absolute atomic E-state index is 11.5. The minimum atomic E-state index is -0.264. The molecular formula is C14H16ClNO2. The van der Waals surface area contributed by atoms with Gasteiger partial charge >= 0.3 is 5.97 Å². The molecule has 0 saturated carbocycles. The standard InChI is InChI=1S/C14H16ClNO2/c1-2-18-14(17)9-11-5-3-6-12(10-16)13(11)7-4-8-15/h3,5-6H,2,4,7-9H2,1H3. The Morgan fingerprint density at radius 2 is 2.28 bits per heavy atom. The van der Waals surface area contributed by atoms with Crippen LogP contribution in [0.15, 0.2) is 18.2 Å². The molecule has 1 aromatic rings. The second-order valence-corrected chi connectivity index (χ2v) is 4.21. The average molecular weight is 266 g/mol. The van der Waals surface area contributed by atoms with Gasteiger partial charge in [-0.1, -0.05) is 12.1 Å². The molecule has 96 valence electrons. The number of halogens is 1. The number of nitrogens with zero attached hydrogens (tertiary/aromatic N) is 1.